The summed E-state index contributed by atoms with van der Waals surface area (Å²) in [4.78, 5) is 8.75. The summed E-state index contributed by atoms with van der Waals surface area (Å²) in [5.41, 5.74) is 0. The summed E-state index contributed by atoms with van der Waals surface area (Å²) in [6.07, 6.45) is 0. The lowest BCUT2D eigenvalue weighted by Gasteiger charge is -2.08. The van der Waals surface area contributed by atoms with E-state index in [1.807, 2.05) is 0 Å². The van der Waals surface area contributed by atoms with Crippen molar-refractivity contribution in [3.05, 3.63) is 0 Å². The molecule has 10 heavy (non-hydrogen) atoms. The van der Waals surface area contributed by atoms with Crippen LogP contribution in [0.2, 0.25) is 0 Å². The molecule has 1 N–H and O–H groups in total. The fourth-order valence-electron chi connectivity index (χ4n) is 0.264. The predicted molar refractivity (Wildman–Crippen MR) is 48.2 cm³/mol. The summed E-state index contributed by atoms with van der Waals surface area (Å²) < 4.78 is 15.1. The Morgan fingerprint density at radius 2 is 2.30 bits per heavy atom. The Labute approximate surface area is 76.9 Å². The summed E-state index contributed by atoms with van der Waals surface area (Å²) in [6.45, 7) is 1.41. The predicted octanol–water partition coefficient (Wildman–Crippen LogP) is 1.98. The molecule has 2 atom stereocenters. The molecule has 0 radical (unpaired) electrons. The van der Waals surface area contributed by atoms with Gasteiger partial charge in [-0.15, -0.1) is 0 Å². The third-order valence-corrected chi connectivity index (χ3v) is 3.53. The zero-order chi connectivity index (χ0) is 8.20. The molecule has 0 aliphatic rings. The van der Waals surface area contributed by atoms with E-state index in [2.05, 4.69) is 36.4 Å². The third kappa shape index (κ3) is 7.22. The van der Waals surface area contributed by atoms with E-state index in [9.17, 15) is 4.57 Å². The third-order valence-electron chi connectivity index (χ3n) is 0.662. The minimum absolute atomic E-state index is 0.0907. The van der Waals surface area contributed by atoms with Gasteiger partial charge in [0, 0.05) is 16.8 Å². The summed E-state index contributed by atoms with van der Waals surface area (Å²) >= 11 is 6.41. The molecule has 0 amide bonds. The van der Waals surface area contributed by atoms with E-state index in [1.54, 1.807) is 0 Å². The molecule has 0 aliphatic heterocycles. The number of halogens is 2. The van der Waals surface area contributed by atoms with Crippen LogP contribution in [0.3, 0.4) is 0 Å². The van der Waals surface area contributed by atoms with Gasteiger partial charge in [-0.1, -0.05) is 31.9 Å². The first-order chi connectivity index (χ1) is 4.45. The topological polar surface area (TPSA) is 46.5 Å². The molecule has 0 fully saturated rings. The Hall–Kier alpha value is 1.11. The number of hydrogen-bond donors (Lipinski definition) is 1. The minimum atomic E-state index is -3.28. The number of rotatable bonds is 4. The lowest BCUT2D eigenvalue weighted by Crippen LogP contribution is -2.07. The number of alkyl halides is 2. The molecule has 62 valence electrons. The van der Waals surface area contributed by atoms with E-state index < -0.39 is 7.60 Å². The highest BCUT2D eigenvalue weighted by Gasteiger charge is 2.12. The van der Waals surface area contributed by atoms with Crippen LogP contribution in [-0.4, -0.2) is 28.3 Å². The van der Waals surface area contributed by atoms with Crippen LogP contribution < -0.4 is 0 Å². The fourth-order valence-corrected chi connectivity index (χ4v) is 1.24. The molecule has 0 aromatic rings. The van der Waals surface area contributed by atoms with Crippen molar-refractivity contribution in [2.45, 2.75) is 4.83 Å². The van der Waals surface area contributed by atoms with Gasteiger partial charge in [-0.2, -0.15) is 0 Å². The van der Waals surface area contributed by atoms with Gasteiger partial charge in [-0.25, -0.2) is 0 Å². The average Bonchev–Trinajstić information content (AvgIpc) is 1.81. The molecule has 3 nitrogen and oxygen atoms in total. The van der Waals surface area contributed by atoms with E-state index in [1.165, 1.54) is 6.66 Å². The van der Waals surface area contributed by atoms with Crippen molar-refractivity contribution < 1.29 is 14.0 Å². The van der Waals surface area contributed by atoms with Crippen molar-refractivity contribution in [1.29, 1.82) is 0 Å². The van der Waals surface area contributed by atoms with Crippen LogP contribution >= 0.6 is 39.5 Å². The Bertz CT molecular complexity index is 134. The summed E-state index contributed by atoms with van der Waals surface area (Å²) in [5.74, 6) is 0. The molecule has 0 spiro atoms. The highest BCUT2D eigenvalue weighted by atomic mass is 79.9. The largest absolute Gasteiger partial charge is 0.325 e. The molecule has 0 saturated heterocycles. The highest BCUT2D eigenvalue weighted by molar-refractivity contribution is 9.12. The van der Waals surface area contributed by atoms with Gasteiger partial charge >= 0.3 is 7.60 Å². The smallest absolute Gasteiger partial charge is 0.324 e. The van der Waals surface area contributed by atoms with E-state index >= 15 is 0 Å². The Balaban J connectivity index is 3.46. The van der Waals surface area contributed by atoms with Crippen LogP contribution in [0, 0.1) is 0 Å². The molecule has 0 saturated carbocycles. The molecule has 0 bridgehead atoms. The van der Waals surface area contributed by atoms with Gasteiger partial charge in [0.1, 0.15) is 0 Å². The summed E-state index contributed by atoms with van der Waals surface area (Å²) in [6, 6.07) is 0. The molecule has 0 aromatic carbocycles. The van der Waals surface area contributed by atoms with Crippen LogP contribution in [0.25, 0.3) is 0 Å². The second-order valence-electron chi connectivity index (χ2n) is 1.85. The highest BCUT2D eigenvalue weighted by Crippen LogP contribution is 2.36. The van der Waals surface area contributed by atoms with Crippen molar-refractivity contribution >= 4 is 39.5 Å². The second-order valence-corrected chi connectivity index (χ2v) is 5.66. The zero-order valence-electron chi connectivity index (χ0n) is 5.46. The van der Waals surface area contributed by atoms with Gasteiger partial charge in [0.05, 0.1) is 6.61 Å². The minimum Gasteiger partial charge on any atom is -0.324 e. The monoisotopic (exact) mass is 294 g/mol. The molecule has 0 rings (SSSR count). The first kappa shape index (κ1) is 11.1. The fraction of sp³-hybridized carbons (Fsp3) is 1.00. The molecule has 0 aliphatic carbocycles. The van der Waals surface area contributed by atoms with Crippen LogP contribution in [0.4, 0.5) is 0 Å². The maximum atomic E-state index is 10.5. The molecule has 2 unspecified atom stereocenters. The second kappa shape index (κ2) is 4.88. The lowest BCUT2D eigenvalue weighted by molar-refractivity contribution is 0.270. The van der Waals surface area contributed by atoms with Gasteiger partial charge in [0.2, 0.25) is 0 Å². The molecular formula is C4H9Br2O3P. The van der Waals surface area contributed by atoms with Crippen molar-refractivity contribution in [3.63, 3.8) is 0 Å². The van der Waals surface area contributed by atoms with Gasteiger partial charge in [-0.05, 0) is 0 Å². The SMILES string of the molecule is CP(=O)(O)OCC(Br)CBr. The first-order valence-electron chi connectivity index (χ1n) is 2.60. The quantitative estimate of drug-likeness (QED) is 0.637. The Morgan fingerprint density at radius 3 is 2.60 bits per heavy atom. The lowest BCUT2D eigenvalue weighted by atomic mass is 10.5. The van der Waals surface area contributed by atoms with Crippen molar-refractivity contribution in [2.75, 3.05) is 18.6 Å². The standard InChI is InChI=1S/C4H9Br2O3P/c1-10(7,8)9-3-4(6)2-5/h4H,2-3H2,1H3,(H,7,8). The van der Waals surface area contributed by atoms with Gasteiger partial charge < -0.3 is 9.42 Å². The zero-order valence-corrected chi connectivity index (χ0v) is 9.52. The normalized spacial score (nSPS) is 20.0. The van der Waals surface area contributed by atoms with Crippen LogP contribution in [0.15, 0.2) is 0 Å². The maximum absolute atomic E-state index is 10.5. The van der Waals surface area contributed by atoms with Crippen molar-refractivity contribution in [2.24, 2.45) is 0 Å². The van der Waals surface area contributed by atoms with E-state index in [0.29, 0.717) is 5.33 Å². The van der Waals surface area contributed by atoms with Crippen molar-refractivity contribution in [3.8, 4) is 0 Å². The molecular weight excluding hydrogens is 287 g/mol. The van der Waals surface area contributed by atoms with Gasteiger partial charge in [0.25, 0.3) is 0 Å². The van der Waals surface area contributed by atoms with Crippen LogP contribution in [0.5, 0.6) is 0 Å². The molecule has 0 aromatic heterocycles. The van der Waals surface area contributed by atoms with Crippen molar-refractivity contribution in [1.82, 2.24) is 0 Å². The van der Waals surface area contributed by atoms with E-state index in [-0.39, 0.29) is 11.4 Å². The van der Waals surface area contributed by atoms with Gasteiger partial charge in [0.15, 0.2) is 0 Å². The Morgan fingerprint density at radius 1 is 1.80 bits per heavy atom. The van der Waals surface area contributed by atoms with E-state index in [0.717, 1.165) is 0 Å². The summed E-state index contributed by atoms with van der Waals surface area (Å²) in [7, 11) is -3.28. The molecule has 6 heteroatoms. The van der Waals surface area contributed by atoms with Crippen LogP contribution in [-0.2, 0) is 9.09 Å². The average molecular weight is 296 g/mol. The molecule has 0 heterocycles. The first-order valence-corrected chi connectivity index (χ1v) is 6.66. The number of hydrogen-bond acceptors (Lipinski definition) is 2. The summed E-state index contributed by atoms with van der Waals surface area (Å²) in [5, 5.41) is 0.701. The van der Waals surface area contributed by atoms with Crippen LogP contribution in [0.1, 0.15) is 0 Å². The van der Waals surface area contributed by atoms with E-state index in [4.69, 9.17) is 4.89 Å². The van der Waals surface area contributed by atoms with Gasteiger partial charge in [-0.3, -0.25) is 4.57 Å². The Kier molecular flexibility index (Phi) is 5.42. The maximum Gasteiger partial charge on any atom is 0.325 e.